The summed E-state index contributed by atoms with van der Waals surface area (Å²) in [5.41, 5.74) is 0.686. The van der Waals surface area contributed by atoms with E-state index < -0.39 is 5.82 Å². The van der Waals surface area contributed by atoms with Gasteiger partial charge >= 0.3 is 0 Å². The number of nitrogens with zero attached hydrogens (tertiary/aromatic N) is 2. The van der Waals surface area contributed by atoms with Crippen LogP contribution < -0.4 is 10.9 Å². The Balaban J connectivity index is 1.77. The molecule has 1 heterocycles. The lowest BCUT2D eigenvalue weighted by atomic mass is 10.2. The average Bonchev–Trinajstić information content (AvgIpc) is 3.27. The van der Waals surface area contributed by atoms with E-state index in [0.29, 0.717) is 16.6 Å². The molecule has 0 bridgehead atoms. The molecule has 3 rings (SSSR count). The van der Waals surface area contributed by atoms with Crippen molar-refractivity contribution in [1.29, 1.82) is 0 Å². The highest BCUT2D eigenvalue weighted by Gasteiger charge is 2.20. The summed E-state index contributed by atoms with van der Waals surface area (Å²) in [5.74, 6) is 0.275. The minimum Gasteiger partial charge on any atom is -0.383 e. The number of benzene rings is 1. The molecule has 21 heavy (non-hydrogen) atoms. The predicted molar refractivity (Wildman–Crippen MR) is 80.2 cm³/mol. The van der Waals surface area contributed by atoms with Gasteiger partial charge < -0.3 is 5.32 Å². The molecule has 0 unspecified atom stereocenters. The lowest BCUT2D eigenvalue weighted by Gasteiger charge is -2.09. The molecule has 1 fully saturated rings. The lowest BCUT2D eigenvalue weighted by Crippen LogP contribution is -2.24. The van der Waals surface area contributed by atoms with E-state index in [-0.39, 0.29) is 17.7 Å². The van der Waals surface area contributed by atoms with E-state index in [9.17, 15) is 9.18 Å². The van der Waals surface area contributed by atoms with Gasteiger partial charge in [0, 0.05) is 23.2 Å². The van der Waals surface area contributed by atoms with Gasteiger partial charge in [-0.05, 0) is 30.9 Å². The molecule has 0 aliphatic heterocycles. The van der Waals surface area contributed by atoms with Crippen molar-refractivity contribution >= 4 is 17.3 Å². The molecule has 110 valence electrons. The van der Waals surface area contributed by atoms with E-state index in [1.165, 1.54) is 35.7 Å². The Kier molecular flexibility index (Phi) is 3.92. The lowest BCUT2D eigenvalue weighted by molar-refractivity contribution is 0.572. The van der Waals surface area contributed by atoms with Gasteiger partial charge in [-0.1, -0.05) is 17.7 Å². The van der Waals surface area contributed by atoms with Crippen molar-refractivity contribution < 1.29 is 4.39 Å². The van der Waals surface area contributed by atoms with Gasteiger partial charge in [-0.25, -0.2) is 9.07 Å². The standard InChI is InChI=1S/C15H15ClFN3O/c16-13-2-1-3-14(17)12(13)9-20-15(21)6-11(8-19-20)18-7-10-4-5-10/h1-3,6,8,10,18H,4-5,7,9H2. The van der Waals surface area contributed by atoms with E-state index in [1.54, 1.807) is 12.3 Å². The maximum Gasteiger partial charge on any atom is 0.269 e. The first-order chi connectivity index (χ1) is 10.1. The molecular weight excluding hydrogens is 293 g/mol. The summed E-state index contributed by atoms with van der Waals surface area (Å²) >= 11 is 5.96. The summed E-state index contributed by atoms with van der Waals surface area (Å²) in [6.07, 6.45) is 4.06. The Morgan fingerprint density at radius 1 is 1.43 bits per heavy atom. The molecule has 2 aromatic rings. The smallest absolute Gasteiger partial charge is 0.269 e. The first-order valence-corrected chi connectivity index (χ1v) is 7.25. The highest BCUT2D eigenvalue weighted by Crippen LogP contribution is 2.28. The van der Waals surface area contributed by atoms with Crippen LogP contribution in [0.15, 0.2) is 35.3 Å². The largest absolute Gasteiger partial charge is 0.383 e. The summed E-state index contributed by atoms with van der Waals surface area (Å²) in [6.45, 7) is 0.886. The third-order valence-electron chi connectivity index (χ3n) is 3.53. The molecule has 1 aliphatic rings. The molecule has 0 radical (unpaired) electrons. The molecule has 1 aromatic carbocycles. The van der Waals surface area contributed by atoms with Gasteiger partial charge in [0.2, 0.25) is 0 Å². The number of rotatable bonds is 5. The third-order valence-corrected chi connectivity index (χ3v) is 3.89. The van der Waals surface area contributed by atoms with Crippen molar-refractivity contribution in [3.63, 3.8) is 0 Å². The number of hydrogen-bond donors (Lipinski definition) is 1. The normalized spacial score (nSPS) is 14.2. The Bertz CT molecular complexity index is 692. The van der Waals surface area contributed by atoms with E-state index in [4.69, 9.17) is 11.6 Å². The van der Waals surface area contributed by atoms with Crippen molar-refractivity contribution in [2.24, 2.45) is 5.92 Å². The molecule has 0 saturated heterocycles. The summed E-state index contributed by atoms with van der Waals surface area (Å²) in [6, 6.07) is 5.92. The van der Waals surface area contributed by atoms with Crippen LogP contribution in [0.2, 0.25) is 5.02 Å². The van der Waals surface area contributed by atoms with E-state index in [1.807, 2.05) is 0 Å². The van der Waals surface area contributed by atoms with Crippen molar-refractivity contribution in [3.05, 3.63) is 57.2 Å². The van der Waals surface area contributed by atoms with Crippen molar-refractivity contribution in [2.75, 3.05) is 11.9 Å². The molecular formula is C15H15ClFN3O. The Morgan fingerprint density at radius 2 is 2.24 bits per heavy atom. The maximum atomic E-state index is 13.7. The summed E-state index contributed by atoms with van der Waals surface area (Å²) in [7, 11) is 0. The molecule has 6 heteroatoms. The average molecular weight is 308 g/mol. The van der Waals surface area contributed by atoms with Gasteiger partial charge in [0.25, 0.3) is 5.56 Å². The van der Waals surface area contributed by atoms with Crippen LogP contribution >= 0.6 is 11.6 Å². The molecule has 0 amide bonds. The maximum absolute atomic E-state index is 13.7. The minimum absolute atomic E-state index is 0.0211. The number of halogens is 2. The summed E-state index contributed by atoms with van der Waals surface area (Å²) in [4.78, 5) is 12.0. The van der Waals surface area contributed by atoms with E-state index in [2.05, 4.69) is 10.4 Å². The highest BCUT2D eigenvalue weighted by atomic mass is 35.5. The van der Waals surface area contributed by atoms with Gasteiger partial charge in [0.15, 0.2) is 0 Å². The fraction of sp³-hybridized carbons (Fsp3) is 0.333. The Morgan fingerprint density at radius 3 is 2.90 bits per heavy atom. The Hall–Kier alpha value is -1.88. The van der Waals surface area contributed by atoms with Crippen LogP contribution in [0.4, 0.5) is 10.1 Å². The fourth-order valence-electron chi connectivity index (χ4n) is 2.07. The fourth-order valence-corrected chi connectivity index (χ4v) is 2.29. The van der Waals surface area contributed by atoms with Crippen LogP contribution in [-0.2, 0) is 6.54 Å². The van der Waals surface area contributed by atoms with Gasteiger partial charge in [-0.3, -0.25) is 4.79 Å². The molecule has 0 spiro atoms. The van der Waals surface area contributed by atoms with Gasteiger partial charge in [0.05, 0.1) is 18.4 Å². The van der Waals surface area contributed by atoms with E-state index >= 15 is 0 Å². The number of anilines is 1. The molecule has 0 atom stereocenters. The van der Waals surface area contributed by atoms with Gasteiger partial charge in [-0.2, -0.15) is 5.10 Å². The first kappa shape index (κ1) is 14.1. The SMILES string of the molecule is O=c1cc(NCC2CC2)cnn1Cc1c(F)cccc1Cl. The van der Waals surface area contributed by atoms with Crippen molar-refractivity contribution in [2.45, 2.75) is 19.4 Å². The zero-order valence-corrected chi connectivity index (χ0v) is 12.1. The molecule has 4 nitrogen and oxygen atoms in total. The number of nitrogens with one attached hydrogen (secondary N) is 1. The van der Waals surface area contributed by atoms with Crippen molar-refractivity contribution in [1.82, 2.24) is 9.78 Å². The highest BCUT2D eigenvalue weighted by molar-refractivity contribution is 6.31. The predicted octanol–water partition coefficient (Wildman–Crippen LogP) is 2.91. The number of aromatic nitrogens is 2. The number of hydrogen-bond acceptors (Lipinski definition) is 3. The Labute approximate surface area is 126 Å². The molecule has 1 aliphatic carbocycles. The van der Waals surface area contributed by atoms with Crippen LogP contribution in [0.25, 0.3) is 0 Å². The quantitative estimate of drug-likeness (QED) is 0.924. The monoisotopic (exact) mass is 307 g/mol. The van der Waals surface area contributed by atoms with Crippen LogP contribution in [0.1, 0.15) is 18.4 Å². The van der Waals surface area contributed by atoms with Crippen LogP contribution in [-0.4, -0.2) is 16.3 Å². The summed E-state index contributed by atoms with van der Waals surface area (Å²) < 4.78 is 14.9. The summed E-state index contributed by atoms with van der Waals surface area (Å²) in [5, 5.41) is 7.55. The first-order valence-electron chi connectivity index (χ1n) is 6.87. The van der Waals surface area contributed by atoms with Crippen molar-refractivity contribution in [3.8, 4) is 0 Å². The third kappa shape index (κ3) is 3.42. The second-order valence-electron chi connectivity index (χ2n) is 5.26. The van der Waals surface area contributed by atoms with Crippen LogP contribution in [0, 0.1) is 11.7 Å². The zero-order chi connectivity index (χ0) is 14.8. The second kappa shape index (κ2) is 5.85. The van der Waals surface area contributed by atoms with E-state index in [0.717, 1.165) is 6.54 Å². The molecule has 1 N–H and O–H groups in total. The minimum atomic E-state index is -0.438. The van der Waals surface area contributed by atoms with Crippen LogP contribution in [0.3, 0.4) is 0 Å². The van der Waals surface area contributed by atoms with Gasteiger partial charge in [0.1, 0.15) is 5.82 Å². The molecule has 1 saturated carbocycles. The van der Waals surface area contributed by atoms with Gasteiger partial charge in [-0.15, -0.1) is 0 Å². The zero-order valence-electron chi connectivity index (χ0n) is 11.4. The second-order valence-corrected chi connectivity index (χ2v) is 5.67. The van der Waals surface area contributed by atoms with Crippen LogP contribution in [0.5, 0.6) is 0 Å². The topological polar surface area (TPSA) is 46.9 Å². The molecule has 1 aromatic heterocycles.